The first-order valence-corrected chi connectivity index (χ1v) is 6.55. The molecule has 0 radical (unpaired) electrons. The van der Waals surface area contributed by atoms with Crippen molar-refractivity contribution in [2.75, 3.05) is 6.54 Å². The van der Waals surface area contributed by atoms with Gasteiger partial charge in [-0.25, -0.2) is 0 Å². The molecule has 1 aromatic rings. The molecule has 2 atom stereocenters. The number of hydrogen-bond donors (Lipinski definition) is 2. The van der Waals surface area contributed by atoms with Crippen LogP contribution in [0.15, 0.2) is 24.3 Å². The van der Waals surface area contributed by atoms with Gasteiger partial charge >= 0.3 is 0 Å². The SMILES string of the molecule is Cc1ccc(CC[C@@H](C)NCC[C@H](C)O)cc1. The Kier molecular flexibility index (Phi) is 6.23. The summed E-state index contributed by atoms with van der Waals surface area (Å²) < 4.78 is 0. The average Bonchev–Trinajstić information content (AvgIpc) is 2.28. The van der Waals surface area contributed by atoms with Crippen molar-refractivity contribution in [2.45, 2.75) is 52.2 Å². The zero-order valence-corrected chi connectivity index (χ0v) is 11.2. The molecule has 0 saturated heterocycles. The summed E-state index contributed by atoms with van der Waals surface area (Å²) in [4.78, 5) is 0. The first-order valence-electron chi connectivity index (χ1n) is 6.55. The molecule has 1 aromatic carbocycles. The first kappa shape index (κ1) is 14.2. The summed E-state index contributed by atoms with van der Waals surface area (Å²) in [7, 11) is 0. The van der Waals surface area contributed by atoms with Crippen molar-refractivity contribution >= 4 is 0 Å². The molecule has 0 amide bonds. The van der Waals surface area contributed by atoms with Crippen LogP contribution in [0.2, 0.25) is 0 Å². The van der Waals surface area contributed by atoms with Gasteiger partial charge in [-0.2, -0.15) is 0 Å². The summed E-state index contributed by atoms with van der Waals surface area (Å²) in [5.74, 6) is 0. The van der Waals surface area contributed by atoms with Crippen molar-refractivity contribution in [3.05, 3.63) is 35.4 Å². The third-order valence-corrected chi connectivity index (χ3v) is 3.04. The van der Waals surface area contributed by atoms with E-state index in [0.29, 0.717) is 6.04 Å². The second kappa shape index (κ2) is 7.46. The van der Waals surface area contributed by atoms with E-state index in [1.54, 1.807) is 0 Å². The van der Waals surface area contributed by atoms with Gasteiger partial charge in [0.1, 0.15) is 0 Å². The van der Waals surface area contributed by atoms with Crippen molar-refractivity contribution in [2.24, 2.45) is 0 Å². The summed E-state index contributed by atoms with van der Waals surface area (Å²) in [5, 5.41) is 12.6. The van der Waals surface area contributed by atoms with Crippen LogP contribution < -0.4 is 5.32 Å². The predicted octanol–water partition coefficient (Wildman–Crippen LogP) is 2.68. The van der Waals surface area contributed by atoms with Crippen LogP contribution in [-0.4, -0.2) is 23.8 Å². The Morgan fingerprint density at radius 1 is 1.12 bits per heavy atom. The van der Waals surface area contributed by atoms with Gasteiger partial charge in [-0.15, -0.1) is 0 Å². The Morgan fingerprint density at radius 2 is 1.76 bits per heavy atom. The molecule has 0 aliphatic heterocycles. The quantitative estimate of drug-likeness (QED) is 0.761. The van der Waals surface area contributed by atoms with Crippen LogP contribution >= 0.6 is 0 Å². The lowest BCUT2D eigenvalue weighted by Crippen LogP contribution is -2.29. The Labute approximate surface area is 105 Å². The van der Waals surface area contributed by atoms with Crippen molar-refractivity contribution < 1.29 is 5.11 Å². The Hall–Kier alpha value is -0.860. The van der Waals surface area contributed by atoms with Gasteiger partial charge in [-0.3, -0.25) is 0 Å². The zero-order valence-electron chi connectivity index (χ0n) is 11.2. The lowest BCUT2D eigenvalue weighted by Gasteiger charge is -2.14. The molecule has 0 saturated carbocycles. The van der Waals surface area contributed by atoms with Crippen LogP contribution in [0.4, 0.5) is 0 Å². The monoisotopic (exact) mass is 235 g/mol. The summed E-state index contributed by atoms with van der Waals surface area (Å²) in [5.41, 5.74) is 2.72. The largest absolute Gasteiger partial charge is 0.393 e. The molecule has 96 valence electrons. The van der Waals surface area contributed by atoms with E-state index in [2.05, 4.69) is 43.4 Å². The van der Waals surface area contributed by atoms with Crippen molar-refractivity contribution in [1.82, 2.24) is 5.32 Å². The molecular weight excluding hydrogens is 210 g/mol. The fourth-order valence-electron chi connectivity index (χ4n) is 1.78. The topological polar surface area (TPSA) is 32.3 Å². The van der Waals surface area contributed by atoms with Crippen molar-refractivity contribution in [1.29, 1.82) is 0 Å². The number of aryl methyl sites for hydroxylation is 2. The average molecular weight is 235 g/mol. The molecule has 0 bridgehead atoms. The molecule has 0 fully saturated rings. The fraction of sp³-hybridized carbons (Fsp3) is 0.600. The molecule has 0 spiro atoms. The summed E-state index contributed by atoms with van der Waals surface area (Å²) in [6.07, 6.45) is 2.88. The number of nitrogens with one attached hydrogen (secondary N) is 1. The van der Waals surface area contributed by atoms with Crippen LogP contribution in [0.1, 0.15) is 37.8 Å². The zero-order chi connectivity index (χ0) is 12.7. The first-order chi connectivity index (χ1) is 8.08. The van der Waals surface area contributed by atoms with Gasteiger partial charge in [0.2, 0.25) is 0 Å². The smallest absolute Gasteiger partial charge is 0.0524 e. The van der Waals surface area contributed by atoms with Crippen molar-refractivity contribution in [3.8, 4) is 0 Å². The predicted molar refractivity (Wildman–Crippen MR) is 73.3 cm³/mol. The second-order valence-electron chi connectivity index (χ2n) is 5.02. The summed E-state index contributed by atoms with van der Waals surface area (Å²) >= 11 is 0. The molecule has 2 N–H and O–H groups in total. The van der Waals surface area contributed by atoms with Gasteiger partial charge < -0.3 is 10.4 Å². The maximum Gasteiger partial charge on any atom is 0.0524 e. The van der Waals surface area contributed by atoms with Gasteiger partial charge in [0.05, 0.1) is 6.10 Å². The molecular formula is C15H25NO. The van der Waals surface area contributed by atoms with Crippen LogP contribution in [0.5, 0.6) is 0 Å². The van der Waals surface area contributed by atoms with Gasteiger partial charge in [-0.1, -0.05) is 29.8 Å². The molecule has 0 aliphatic carbocycles. The third-order valence-electron chi connectivity index (χ3n) is 3.04. The van der Waals surface area contributed by atoms with Crippen LogP contribution in [0.25, 0.3) is 0 Å². The number of aliphatic hydroxyl groups excluding tert-OH is 1. The van der Waals surface area contributed by atoms with Crippen LogP contribution in [0, 0.1) is 6.92 Å². The summed E-state index contributed by atoms with van der Waals surface area (Å²) in [6.45, 7) is 7.05. The van der Waals surface area contributed by atoms with Gasteiger partial charge in [0.25, 0.3) is 0 Å². The fourth-order valence-corrected chi connectivity index (χ4v) is 1.78. The van der Waals surface area contributed by atoms with E-state index in [1.807, 2.05) is 6.92 Å². The van der Waals surface area contributed by atoms with E-state index in [-0.39, 0.29) is 6.10 Å². The lowest BCUT2D eigenvalue weighted by atomic mass is 10.0. The normalized spacial score (nSPS) is 14.6. The highest BCUT2D eigenvalue weighted by atomic mass is 16.3. The lowest BCUT2D eigenvalue weighted by molar-refractivity contribution is 0.182. The minimum atomic E-state index is -0.202. The molecule has 2 heteroatoms. The number of rotatable bonds is 7. The van der Waals surface area contributed by atoms with Crippen LogP contribution in [0.3, 0.4) is 0 Å². The summed E-state index contributed by atoms with van der Waals surface area (Å²) in [6, 6.07) is 9.26. The molecule has 2 nitrogen and oxygen atoms in total. The third kappa shape index (κ3) is 6.44. The number of benzene rings is 1. The van der Waals surface area contributed by atoms with Crippen LogP contribution in [-0.2, 0) is 6.42 Å². The standard InChI is InChI=1S/C15H25NO/c1-12-4-7-15(8-5-12)9-6-13(2)16-11-10-14(3)17/h4-5,7-8,13-14,16-17H,6,9-11H2,1-3H3/t13-,14+/m1/s1. The minimum absolute atomic E-state index is 0.202. The van der Waals surface area contributed by atoms with Gasteiger partial charge in [-0.05, 0) is 52.1 Å². The molecule has 17 heavy (non-hydrogen) atoms. The Bertz CT molecular complexity index is 305. The number of aliphatic hydroxyl groups is 1. The van der Waals surface area contributed by atoms with Crippen molar-refractivity contribution in [3.63, 3.8) is 0 Å². The molecule has 0 heterocycles. The Balaban J connectivity index is 2.19. The van der Waals surface area contributed by atoms with E-state index in [0.717, 1.165) is 25.8 Å². The molecule has 0 aromatic heterocycles. The van der Waals surface area contributed by atoms with E-state index >= 15 is 0 Å². The highest BCUT2D eigenvalue weighted by molar-refractivity contribution is 5.21. The molecule has 0 unspecified atom stereocenters. The van der Waals surface area contributed by atoms with Gasteiger partial charge in [0, 0.05) is 6.04 Å². The highest BCUT2D eigenvalue weighted by Gasteiger charge is 2.03. The molecule has 0 aliphatic rings. The van der Waals surface area contributed by atoms with E-state index in [1.165, 1.54) is 11.1 Å². The van der Waals surface area contributed by atoms with E-state index < -0.39 is 0 Å². The van der Waals surface area contributed by atoms with Gasteiger partial charge in [0.15, 0.2) is 0 Å². The minimum Gasteiger partial charge on any atom is -0.393 e. The van der Waals surface area contributed by atoms with E-state index in [9.17, 15) is 0 Å². The maximum atomic E-state index is 9.16. The number of hydrogen-bond acceptors (Lipinski definition) is 2. The van der Waals surface area contributed by atoms with E-state index in [4.69, 9.17) is 5.11 Å². The Morgan fingerprint density at radius 3 is 2.35 bits per heavy atom. The molecule has 1 rings (SSSR count). The second-order valence-corrected chi connectivity index (χ2v) is 5.02. The maximum absolute atomic E-state index is 9.16. The highest BCUT2D eigenvalue weighted by Crippen LogP contribution is 2.07.